The third kappa shape index (κ3) is 1.60. The molecular weight excluding hydrogens is 159 g/mol. The third-order valence-corrected chi connectivity index (χ3v) is 1.57. The summed E-state index contributed by atoms with van der Waals surface area (Å²) in [7, 11) is 0. The number of carbonyl (C=O) groups excluding carboxylic acids is 1. The van der Waals surface area contributed by atoms with Crippen molar-refractivity contribution in [1.82, 2.24) is 5.43 Å². The van der Waals surface area contributed by atoms with Crippen LogP contribution in [0, 0.1) is 12.7 Å². The monoisotopic (exact) mass is 168 g/mol. The molecule has 1 aromatic carbocycles. The first-order valence-corrected chi connectivity index (χ1v) is 3.42. The molecule has 0 saturated carbocycles. The summed E-state index contributed by atoms with van der Waals surface area (Å²) in [6, 6.07) is 4.19. The van der Waals surface area contributed by atoms with Crippen molar-refractivity contribution in [3.63, 3.8) is 0 Å². The van der Waals surface area contributed by atoms with E-state index >= 15 is 0 Å². The molecule has 0 unspecified atom stereocenters. The molecule has 1 rings (SSSR count). The topological polar surface area (TPSA) is 55.1 Å². The van der Waals surface area contributed by atoms with E-state index in [1.807, 2.05) is 5.43 Å². The van der Waals surface area contributed by atoms with E-state index in [9.17, 15) is 9.18 Å². The lowest BCUT2D eigenvalue weighted by molar-refractivity contribution is 0.0953. The molecule has 0 radical (unpaired) electrons. The first kappa shape index (κ1) is 8.67. The first-order valence-electron chi connectivity index (χ1n) is 3.42. The molecule has 12 heavy (non-hydrogen) atoms. The summed E-state index contributed by atoms with van der Waals surface area (Å²) in [5, 5.41) is 0. The van der Waals surface area contributed by atoms with Gasteiger partial charge in [0.25, 0.3) is 5.91 Å². The van der Waals surface area contributed by atoms with Crippen molar-refractivity contribution in [2.75, 3.05) is 0 Å². The molecule has 0 aromatic heterocycles. The van der Waals surface area contributed by atoms with E-state index in [4.69, 9.17) is 5.84 Å². The van der Waals surface area contributed by atoms with Crippen LogP contribution in [0.2, 0.25) is 0 Å². The summed E-state index contributed by atoms with van der Waals surface area (Å²) in [5.74, 6) is 3.97. The van der Waals surface area contributed by atoms with Crippen molar-refractivity contribution in [1.29, 1.82) is 0 Å². The number of hydrazine groups is 1. The summed E-state index contributed by atoms with van der Waals surface area (Å²) < 4.78 is 12.9. The predicted molar refractivity (Wildman–Crippen MR) is 42.8 cm³/mol. The van der Waals surface area contributed by atoms with Crippen LogP contribution in [0.5, 0.6) is 0 Å². The molecular formula is C8H9FN2O. The Bertz CT molecular complexity index is 312. The molecule has 4 heteroatoms. The van der Waals surface area contributed by atoms with Gasteiger partial charge in [-0.15, -0.1) is 0 Å². The Morgan fingerprint density at radius 2 is 2.25 bits per heavy atom. The Balaban J connectivity index is 3.05. The molecule has 0 bridgehead atoms. The fraction of sp³-hybridized carbons (Fsp3) is 0.125. The van der Waals surface area contributed by atoms with Crippen LogP contribution >= 0.6 is 0 Å². The normalized spacial score (nSPS) is 9.58. The van der Waals surface area contributed by atoms with Gasteiger partial charge in [0.15, 0.2) is 0 Å². The number of carbonyl (C=O) groups is 1. The summed E-state index contributed by atoms with van der Waals surface area (Å²) in [6.07, 6.45) is 0. The van der Waals surface area contributed by atoms with Crippen LogP contribution in [-0.2, 0) is 0 Å². The van der Waals surface area contributed by atoms with E-state index in [0.29, 0.717) is 5.56 Å². The fourth-order valence-corrected chi connectivity index (χ4v) is 0.817. The minimum atomic E-state index is -0.492. The molecule has 0 fully saturated rings. The number of rotatable bonds is 1. The number of nitrogens with one attached hydrogen (secondary N) is 1. The van der Waals surface area contributed by atoms with Gasteiger partial charge in [-0.2, -0.15) is 0 Å². The lowest BCUT2D eigenvalue weighted by Crippen LogP contribution is -2.30. The molecule has 0 heterocycles. The Kier molecular flexibility index (Phi) is 2.40. The standard InChI is InChI=1S/C8H9FN2O/c1-5-2-3-6(4-7(5)9)8(12)11-10/h2-4H,10H2,1H3,(H,11,12). The van der Waals surface area contributed by atoms with Crippen LogP contribution in [0.4, 0.5) is 4.39 Å². The van der Waals surface area contributed by atoms with Crippen LogP contribution in [0.3, 0.4) is 0 Å². The van der Waals surface area contributed by atoms with Crippen molar-refractivity contribution < 1.29 is 9.18 Å². The molecule has 3 N–H and O–H groups in total. The van der Waals surface area contributed by atoms with Gasteiger partial charge in [-0.3, -0.25) is 10.2 Å². The lowest BCUT2D eigenvalue weighted by Gasteiger charge is -2.00. The fourth-order valence-electron chi connectivity index (χ4n) is 0.817. The predicted octanol–water partition coefficient (Wildman–Crippen LogP) is 0.738. The van der Waals surface area contributed by atoms with Gasteiger partial charge in [-0.1, -0.05) is 6.07 Å². The van der Waals surface area contributed by atoms with E-state index < -0.39 is 11.7 Å². The average molecular weight is 168 g/mol. The second-order valence-corrected chi connectivity index (χ2v) is 2.44. The molecule has 3 nitrogen and oxygen atoms in total. The van der Waals surface area contributed by atoms with Crippen LogP contribution in [-0.4, -0.2) is 5.91 Å². The Morgan fingerprint density at radius 3 is 2.75 bits per heavy atom. The SMILES string of the molecule is Cc1ccc(C(=O)NN)cc1F. The minimum absolute atomic E-state index is 0.223. The number of nitrogen functional groups attached to an aromatic ring is 1. The van der Waals surface area contributed by atoms with Crippen molar-refractivity contribution in [2.24, 2.45) is 5.84 Å². The van der Waals surface area contributed by atoms with Gasteiger partial charge in [0, 0.05) is 5.56 Å². The maximum Gasteiger partial charge on any atom is 0.265 e. The van der Waals surface area contributed by atoms with Crippen LogP contribution < -0.4 is 11.3 Å². The van der Waals surface area contributed by atoms with Crippen LogP contribution in [0.25, 0.3) is 0 Å². The molecule has 0 atom stereocenters. The zero-order valence-corrected chi connectivity index (χ0v) is 6.60. The number of amides is 1. The summed E-state index contributed by atoms with van der Waals surface area (Å²) in [5.41, 5.74) is 2.65. The quantitative estimate of drug-likeness (QED) is 0.369. The molecule has 64 valence electrons. The molecule has 1 amide bonds. The Morgan fingerprint density at radius 1 is 1.58 bits per heavy atom. The van der Waals surface area contributed by atoms with Gasteiger partial charge >= 0.3 is 0 Å². The van der Waals surface area contributed by atoms with Crippen molar-refractivity contribution in [3.05, 3.63) is 35.1 Å². The van der Waals surface area contributed by atoms with Gasteiger partial charge in [0.1, 0.15) is 5.82 Å². The number of nitrogens with two attached hydrogens (primary N) is 1. The van der Waals surface area contributed by atoms with Gasteiger partial charge in [0.05, 0.1) is 0 Å². The van der Waals surface area contributed by atoms with E-state index in [-0.39, 0.29) is 5.56 Å². The number of hydrogen-bond acceptors (Lipinski definition) is 2. The molecule has 0 aliphatic rings. The summed E-state index contributed by atoms with van der Waals surface area (Å²) >= 11 is 0. The van der Waals surface area contributed by atoms with E-state index in [2.05, 4.69) is 0 Å². The number of benzene rings is 1. The number of hydrogen-bond donors (Lipinski definition) is 2. The molecule has 1 aromatic rings. The van der Waals surface area contributed by atoms with E-state index in [1.54, 1.807) is 6.92 Å². The second-order valence-electron chi connectivity index (χ2n) is 2.44. The number of aryl methyl sites for hydroxylation is 1. The molecule has 0 spiro atoms. The second kappa shape index (κ2) is 3.32. The van der Waals surface area contributed by atoms with Crippen LogP contribution in [0.1, 0.15) is 15.9 Å². The molecule has 0 saturated heterocycles. The van der Waals surface area contributed by atoms with Crippen LogP contribution in [0.15, 0.2) is 18.2 Å². The Hall–Kier alpha value is -1.42. The largest absolute Gasteiger partial charge is 0.290 e. The zero-order chi connectivity index (χ0) is 9.14. The minimum Gasteiger partial charge on any atom is -0.290 e. The van der Waals surface area contributed by atoms with Gasteiger partial charge in [-0.25, -0.2) is 10.2 Å². The van der Waals surface area contributed by atoms with E-state index in [1.165, 1.54) is 12.1 Å². The van der Waals surface area contributed by atoms with Crippen molar-refractivity contribution in [3.8, 4) is 0 Å². The smallest absolute Gasteiger partial charge is 0.265 e. The van der Waals surface area contributed by atoms with Gasteiger partial charge in [0.2, 0.25) is 0 Å². The Labute approximate surface area is 69.3 Å². The third-order valence-electron chi connectivity index (χ3n) is 1.57. The van der Waals surface area contributed by atoms with Gasteiger partial charge < -0.3 is 0 Å². The highest BCUT2D eigenvalue weighted by molar-refractivity contribution is 5.93. The average Bonchev–Trinajstić information content (AvgIpc) is 2.08. The highest BCUT2D eigenvalue weighted by Crippen LogP contribution is 2.08. The lowest BCUT2D eigenvalue weighted by atomic mass is 10.1. The van der Waals surface area contributed by atoms with Crippen molar-refractivity contribution in [2.45, 2.75) is 6.92 Å². The maximum absolute atomic E-state index is 12.9. The van der Waals surface area contributed by atoms with E-state index in [0.717, 1.165) is 6.07 Å². The van der Waals surface area contributed by atoms with Gasteiger partial charge in [-0.05, 0) is 24.6 Å². The zero-order valence-electron chi connectivity index (χ0n) is 6.60. The highest BCUT2D eigenvalue weighted by Gasteiger charge is 2.05. The first-order chi connectivity index (χ1) is 5.65. The highest BCUT2D eigenvalue weighted by atomic mass is 19.1. The molecule has 0 aliphatic heterocycles. The molecule has 0 aliphatic carbocycles. The number of halogens is 1. The summed E-state index contributed by atoms with van der Waals surface area (Å²) in [6.45, 7) is 1.62. The maximum atomic E-state index is 12.9. The van der Waals surface area contributed by atoms with Crippen molar-refractivity contribution >= 4 is 5.91 Å². The summed E-state index contributed by atoms with van der Waals surface area (Å²) in [4.78, 5) is 10.9.